The predicted octanol–water partition coefficient (Wildman–Crippen LogP) is 2.97. The lowest BCUT2D eigenvalue weighted by molar-refractivity contribution is 0.0951. The van der Waals surface area contributed by atoms with E-state index in [1.54, 1.807) is 26.4 Å². The van der Waals surface area contributed by atoms with Crippen molar-refractivity contribution >= 4 is 23.0 Å². The van der Waals surface area contributed by atoms with Gasteiger partial charge in [0, 0.05) is 17.0 Å². The summed E-state index contributed by atoms with van der Waals surface area (Å²) in [5.74, 6) is 1.78. The Hall–Kier alpha value is -3.68. The van der Waals surface area contributed by atoms with Crippen LogP contribution in [0.5, 0.6) is 23.0 Å². The zero-order valence-electron chi connectivity index (χ0n) is 16.0. The molecule has 0 radical (unpaired) electrons. The summed E-state index contributed by atoms with van der Waals surface area (Å²) in [6.45, 7) is 0. The van der Waals surface area contributed by atoms with E-state index in [9.17, 15) is 4.79 Å². The zero-order valence-corrected chi connectivity index (χ0v) is 16.0. The second-order valence-corrected chi connectivity index (χ2v) is 5.73. The molecule has 3 rings (SSSR count). The number of amides is 1. The number of para-hydroxylation sites is 1. The Kier molecular flexibility index (Phi) is 5.69. The molecule has 0 atom stereocenters. The number of aromatic amines is 1. The van der Waals surface area contributed by atoms with Crippen molar-refractivity contribution in [2.45, 2.75) is 0 Å². The van der Waals surface area contributed by atoms with Gasteiger partial charge in [-0.15, -0.1) is 0 Å². The van der Waals surface area contributed by atoms with Crippen molar-refractivity contribution in [3.8, 4) is 23.0 Å². The first-order valence-corrected chi connectivity index (χ1v) is 8.41. The summed E-state index contributed by atoms with van der Waals surface area (Å²) < 4.78 is 21.4. The maximum absolute atomic E-state index is 12.5. The monoisotopic (exact) mass is 383 g/mol. The molecule has 1 amide bonds. The van der Waals surface area contributed by atoms with E-state index in [4.69, 9.17) is 18.9 Å². The number of rotatable bonds is 7. The lowest BCUT2D eigenvalue weighted by Gasteiger charge is -2.11. The lowest BCUT2D eigenvalue weighted by atomic mass is 10.2. The molecule has 0 aliphatic rings. The summed E-state index contributed by atoms with van der Waals surface area (Å²) in [6, 6.07) is 10.7. The van der Waals surface area contributed by atoms with Crippen LogP contribution in [0.2, 0.25) is 0 Å². The summed E-state index contributed by atoms with van der Waals surface area (Å²) in [7, 11) is 6.18. The van der Waals surface area contributed by atoms with Gasteiger partial charge in [0.1, 0.15) is 17.2 Å². The van der Waals surface area contributed by atoms with Crippen LogP contribution in [0.3, 0.4) is 0 Å². The number of carbonyl (C=O) groups is 1. The molecule has 3 aromatic rings. The fourth-order valence-corrected chi connectivity index (χ4v) is 2.85. The predicted molar refractivity (Wildman–Crippen MR) is 106 cm³/mol. The first-order chi connectivity index (χ1) is 13.6. The molecule has 0 aliphatic carbocycles. The number of carbonyl (C=O) groups excluding carboxylic acids is 1. The number of nitrogens with one attached hydrogen (secondary N) is 2. The van der Waals surface area contributed by atoms with E-state index < -0.39 is 5.91 Å². The van der Waals surface area contributed by atoms with Gasteiger partial charge in [0.15, 0.2) is 11.5 Å². The average molecular weight is 383 g/mol. The number of ether oxygens (including phenoxy) is 4. The van der Waals surface area contributed by atoms with Gasteiger partial charge in [0.2, 0.25) is 0 Å². The molecule has 1 aromatic heterocycles. The Morgan fingerprint density at radius 3 is 2.36 bits per heavy atom. The van der Waals surface area contributed by atoms with Crippen molar-refractivity contribution in [1.29, 1.82) is 0 Å². The molecular formula is C20H21N3O5. The first kappa shape index (κ1) is 19.1. The fourth-order valence-electron chi connectivity index (χ4n) is 2.85. The topological polar surface area (TPSA) is 94.2 Å². The molecule has 0 saturated heterocycles. The Bertz CT molecular complexity index is 1030. The molecule has 28 heavy (non-hydrogen) atoms. The highest BCUT2D eigenvalue weighted by Crippen LogP contribution is 2.41. The Labute approximate surface area is 162 Å². The average Bonchev–Trinajstić information content (AvgIpc) is 3.18. The summed E-state index contributed by atoms with van der Waals surface area (Å²) in [5.41, 5.74) is 4.14. The van der Waals surface area contributed by atoms with E-state index in [1.165, 1.54) is 20.4 Å². The third kappa shape index (κ3) is 3.57. The summed E-state index contributed by atoms with van der Waals surface area (Å²) in [5, 5.41) is 4.70. The Morgan fingerprint density at radius 1 is 0.964 bits per heavy atom. The van der Waals surface area contributed by atoms with Gasteiger partial charge in [-0.05, 0) is 18.2 Å². The van der Waals surface area contributed by atoms with Crippen molar-refractivity contribution in [2.75, 3.05) is 28.4 Å². The van der Waals surface area contributed by atoms with Crippen LogP contribution in [0, 0.1) is 0 Å². The number of hydrogen-bond acceptors (Lipinski definition) is 6. The molecule has 8 nitrogen and oxygen atoms in total. The van der Waals surface area contributed by atoms with Crippen molar-refractivity contribution in [2.24, 2.45) is 5.10 Å². The van der Waals surface area contributed by atoms with E-state index in [0.717, 1.165) is 5.56 Å². The van der Waals surface area contributed by atoms with E-state index in [1.807, 2.05) is 24.3 Å². The van der Waals surface area contributed by atoms with E-state index in [0.29, 0.717) is 39.6 Å². The van der Waals surface area contributed by atoms with Crippen molar-refractivity contribution in [1.82, 2.24) is 10.4 Å². The second-order valence-electron chi connectivity index (χ2n) is 5.73. The van der Waals surface area contributed by atoms with Crippen LogP contribution < -0.4 is 24.4 Å². The van der Waals surface area contributed by atoms with E-state index >= 15 is 0 Å². The van der Waals surface area contributed by atoms with Gasteiger partial charge in [0.25, 0.3) is 5.91 Å². The van der Waals surface area contributed by atoms with E-state index in [2.05, 4.69) is 15.5 Å². The molecule has 0 aliphatic heterocycles. The number of H-pyrrole nitrogens is 1. The lowest BCUT2D eigenvalue weighted by Crippen LogP contribution is -2.17. The highest BCUT2D eigenvalue weighted by molar-refractivity contribution is 6.02. The van der Waals surface area contributed by atoms with Crippen LogP contribution in [0.4, 0.5) is 0 Å². The van der Waals surface area contributed by atoms with Gasteiger partial charge in [0.05, 0.1) is 40.2 Å². The third-order valence-electron chi connectivity index (χ3n) is 4.19. The number of hydrogen-bond donors (Lipinski definition) is 2. The largest absolute Gasteiger partial charge is 0.496 e. The van der Waals surface area contributed by atoms with Crippen LogP contribution in [0.15, 0.2) is 41.5 Å². The van der Waals surface area contributed by atoms with Crippen LogP contribution in [-0.2, 0) is 0 Å². The van der Waals surface area contributed by atoms with Gasteiger partial charge in [-0.2, -0.15) is 5.10 Å². The Balaban J connectivity index is 1.89. The van der Waals surface area contributed by atoms with Crippen molar-refractivity contribution in [3.63, 3.8) is 0 Å². The minimum absolute atomic E-state index is 0.303. The number of hydrazone groups is 1. The zero-order chi connectivity index (χ0) is 20.1. The highest BCUT2D eigenvalue weighted by atomic mass is 16.5. The molecule has 0 saturated carbocycles. The maximum atomic E-state index is 12.5. The Morgan fingerprint density at radius 2 is 1.68 bits per heavy atom. The number of methoxy groups -OCH3 is 4. The molecule has 2 aromatic carbocycles. The first-order valence-electron chi connectivity index (χ1n) is 8.41. The second kappa shape index (κ2) is 8.34. The van der Waals surface area contributed by atoms with Crippen LogP contribution in [-0.4, -0.2) is 45.5 Å². The van der Waals surface area contributed by atoms with Gasteiger partial charge >= 0.3 is 0 Å². The van der Waals surface area contributed by atoms with Crippen LogP contribution in [0.1, 0.15) is 16.1 Å². The molecule has 0 spiro atoms. The SMILES string of the molecule is COc1ccccc1C=NNC(=O)c1cc2c(OC)cc(OC)c(OC)c2[nH]1. The normalized spacial score (nSPS) is 10.9. The van der Waals surface area contributed by atoms with Gasteiger partial charge < -0.3 is 23.9 Å². The molecular weight excluding hydrogens is 362 g/mol. The van der Waals surface area contributed by atoms with Crippen molar-refractivity contribution in [3.05, 3.63) is 47.7 Å². The summed E-state index contributed by atoms with van der Waals surface area (Å²) >= 11 is 0. The van der Waals surface area contributed by atoms with Gasteiger partial charge in [-0.1, -0.05) is 12.1 Å². The van der Waals surface area contributed by atoms with Crippen molar-refractivity contribution < 1.29 is 23.7 Å². The van der Waals surface area contributed by atoms with Crippen LogP contribution in [0.25, 0.3) is 10.9 Å². The van der Waals surface area contributed by atoms with Gasteiger partial charge in [-0.3, -0.25) is 4.79 Å². The smallest absolute Gasteiger partial charge is 0.287 e. The highest BCUT2D eigenvalue weighted by Gasteiger charge is 2.19. The molecule has 8 heteroatoms. The molecule has 1 heterocycles. The van der Waals surface area contributed by atoms with Crippen LogP contribution >= 0.6 is 0 Å². The summed E-state index contributed by atoms with van der Waals surface area (Å²) in [4.78, 5) is 15.6. The standard InChI is InChI=1S/C20H21N3O5/c1-25-15-8-6-5-7-12(15)11-21-23-20(24)14-9-13-16(26-2)10-17(27-3)19(28-4)18(13)22-14/h5-11,22H,1-4H3,(H,23,24). The van der Waals surface area contributed by atoms with Gasteiger partial charge in [-0.25, -0.2) is 5.43 Å². The molecule has 146 valence electrons. The number of aromatic nitrogens is 1. The third-order valence-corrected chi connectivity index (χ3v) is 4.19. The summed E-state index contributed by atoms with van der Waals surface area (Å²) in [6.07, 6.45) is 1.52. The van der Waals surface area contributed by atoms with E-state index in [-0.39, 0.29) is 0 Å². The fraction of sp³-hybridized carbons (Fsp3) is 0.200. The number of nitrogens with zero attached hydrogens (tertiary/aromatic N) is 1. The number of fused-ring (bicyclic) bond motifs is 1. The molecule has 2 N–H and O–H groups in total. The molecule has 0 unspecified atom stereocenters. The number of benzene rings is 2. The maximum Gasteiger partial charge on any atom is 0.287 e. The quantitative estimate of drug-likeness (QED) is 0.483. The minimum Gasteiger partial charge on any atom is -0.496 e. The molecule has 0 fully saturated rings. The minimum atomic E-state index is -0.412. The molecule has 0 bridgehead atoms.